The first-order chi connectivity index (χ1) is 9.74. The smallest absolute Gasteiger partial charge is 0.323 e. The fraction of sp³-hybridized carbons (Fsp3) is 0.500. The summed E-state index contributed by atoms with van der Waals surface area (Å²) in [5.41, 5.74) is 0.320. The number of amides is 1. The Bertz CT molecular complexity index is 493. The van der Waals surface area contributed by atoms with Gasteiger partial charge in [-0.15, -0.1) is 0 Å². The molecule has 1 N–H and O–H groups in total. The Balaban J connectivity index is 0.000000235. The van der Waals surface area contributed by atoms with Gasteiger partial charge in [-0.05, 0) is 31.4 Å². The summed E-state index contributed by atoms with van der Waals surface area (Å²) in [6, 6.07) is 6.70. The summed E-state index contributed by atoms with van der Waals surface area (Å²) in [4.78, 5) is 23.5. The minimum absolute atomic E-state index is 0.0406. The van der Waals surface area contributed by atoms with E-state index in [1.165, 1.54) is 11.0 Å². The molecule has 0 atom stereocenters. The normalized spacial score (nSPS) is 17.0. The van der Waals surface area contributed by atoms with Crippen molar-refractivity contribution in [2.24, 2.45) is 5.41 Å². The predicted octanol–water partition coefficient (Wildman–Crippen LogP) is 2.85. The van der Waals surface area contributed by atoms with Crippen molar-refractivity contribution in [1.29, 1.82) is 0 Å². The number of carboxylic acid groups (broad SMARTS) is 1. The number of benzene rings is 1. The molecule has 0 unspecified atom stereocenters. The maximum absolute atomic E-state index is 12.3. The van der Waals surface area contributed by atoms with Gasteiger partial charge in [-0.3, -0.25) is 9.59 Å². The number of hydrogen-bond donors (Lipinski definition) is 1. The standard InChI is InChI=1S/C9H15NO3.C7H7F/c1-9(2)4-3-5-10(8(9)13)6-7(11)12;1-6-4-2-3-5-7(6)8/h3-6H2,1-2H3,(H,11,12);2-5H,1H3. The van der Waals surface area contributed by atoms with Gasteiger partial charge in [-0.25, -0.2) is 4.39 Å². The topological polar surface area (TPSA) is 57.6 Å². The fourth-order valence-corrected chi connectivity index (χ4v) is 2.21. The van der Waals surface area contributed by atoms with Gasteiger partial charge in [0.15, 0.2) is 0 Å². The van der Waals surface area contributed by atoms with Gasteiger partial charge in [0.25, 0.3) is 0 Å². The van der Waals surface area contributed by atoms with E-state index in [1.807, 2.05) is 19.9 Å². The molecule has 1 amide bonds. The van der Waals surface area contributed by atoms with Gasteiger partial charge < -0.3 is 10.0 Å². The molecular weight excluding hydrogens is 273 g/mol. The van der Waals surface area contributed by atoms with E-state index in [-0.39, 0.29) is 23.7 Å². The molecule has 2 rings (SSSR count). The van der Waals surface area contributed by atoms with E-state index >= 15 is 0 Å². The molecule has 1 aliphatic heterocycles. The summed E-state index contributed by atoms with van der Waals surface area (Å²) in [5, 5.41) is 8.56. The SMILES string of the molecule is CC1(C)CCCN(CC(=O)O)C1=O.Cc1ccccc1F. The number of hydrogen-bond acceptors (Lipinski definition) is 2. The molecule has 21 heavy (non-hydrogen) atoms. The van der Waals surface area contributed by atoms with Crippen LogP contribution in [0.25, 0.3) is 0 Å². The van der Waals surface area contributed by atoms with Gasteiger partial charge in [0.2, 0.25) is 5.91 Å². The van der Waals surface area contributed by atoms with Crippen LogP contribution >= 0.6 is 0 Å². The van der Waals surface area contributed by atoms with E-state index in [0.717, 1.165) is 12.8 Å². The number of rotatable bonds is 2. The molecule has 1 saturated heterocycles. The summed E-state index contributed by atoms with van der Waals surface area (Å²) in [6.45, 7) is 5.89. The molecule has 4 nitrogen and oxygen atoms in total. The van der Waals surface area contributed by atoms with Crippen molar-refractivity contribution in [3.8, 4) is 0 Å². The van der Waals surface area contributed by atoms with Crippen molar-refractivity contribution in [3.05, 3.63) is 35.6 Å². The number of aliphatic carboxylic acids is 1. The van der Waals surface area contributed by atoms with Crippen LogP contribution in [0.5, 0.6) is 0 Å². The summed E-state index contributed by atoms with van der Waals surface area (Å²) in [5.74, 6) is -1.11. The maximum Gasteiger partial charge on any atom is 0.323 e. The minimum atomic E-state index is -0.939. The van der Waals surface area contributed by atoms with Gasteiger partial charge in [-0.1, -0.05) is 32.0 Å². The number of carbonyl (C=O) groups is 2. The number of piperidine rings is 1. The van der Waals surface area contributed by atoms with E-state index < -0.39 is 5.97 Å². The Morgan fingerprint density at radius 1 is 1.38 bits per heavy atom. The summed E-state index contributed by atoms with van der Waals surface area (Å²) in [7, 11) is 0. The van der Waals surface area contributed by atoms with Crippen molar-refractivity contribution in [1.82, 2.24) is 4.90 Å². The zero-order valence-corrected chi connectivity index (χ0v) is 12.7. The number of nitrogens with zero attached hydrogens (tertiary/aromatic N) is 1. The molecule has 1 fully saturated rings. The first-order valence-electron chi connectivity index (χ1n) is 6.96. The third kappa shape index (κ3) is 5.17. The Morgan fingerprint density at radius 2 is 2.00 bits per heavy atom. The average Bonchev–Trinajstić information content (AvgIpc) is 2.39. The van der Waals surface area contributed by atoms with Crippen LogP contribution in [0.2, 0.25) is 0 Å². The van der Waals surface area contributed by atoms with E-state index in [4.69, 9.17) is 5.11 Å². The molecule has 0 bridgehead atoms. The molecule has 0 radical (unpaired) electrons. The summed E-state index contributed by atoms with van der Waals surface area (Å²) >= 11 is 0. The monoisotopic (exact) mass is 295 g/mol. The van der Waals surface area contributed by atoms with Crippen LogP contribution in [-0.4, -0.2) is 35.0 Å². The lowest BCUT2D eigenvalue weighted by Gasteiger charge is -2.36. The number of carboxylic acids is 1. The Hall–Kier alpha value is -1.91. The van der Waals surface area contributed by atoms with Crippen LogP contribution in [0.4, 0.5) is 4.39 Å². The van der Waals surface area contributed by atoms with Crippen molar-refractivity contribution in [2.75, 3.05) is 13.1 Å². The van der Waals surface area contributed by atoms with Crippen molar-refractivity contribution in [2.45, 2.75) is 33.6 Å². The molecule has 0 aromatic heterocycles. The highest BCUT2D eigenvalue weighted by Gasteiger charge is 2.35. The molecule has 1 aromatic rings. The third-order valence-corrected chi connectivity index (χ3v) is 3.50. The molecule has 1 aromatic carbocycles. The van der Waals surface area contributed by atoms with Gasteiger partial charge in [0.05, 0.1) is 0 Å². The predicted molar refractivity (Wildman–Crippen MR) is 78.4 cm³/mol. The van der Waals surface area contributed by atoms with Crippen LogP contribution < -0.4 is 0 Å². The van der Waals surface area contributed by atoms with Gasteiger partial charge in [-0.2, -0.15) is 0 Å². The van der Waals surface area contributed by atoms with E-state index in [9.17, 15) is 14.0 Å². The zero-order valence-electron chi connectivity index (χ0n) is 12.7. The fourth-order valence-electron chi connectivity index (χ4n) is 2.21. The Morgan fingerprint density at radius 3 is 2.48 bits per heavy atom. The molecule has 0 saturated carbocycles. The second-order valence-corrected chi connectivity index (χ2v) is 5.86. The van der Waals surface area contributed by atoms with E-state index in [0.29, 0.717) is 12.1 Å². The highest BCUT2D eigenvalue weighted by molar-refractivity contribution is 5.85. The summed E-state index contributed by atoms with van der Waals surface area (Å²) < 4.78 is 12.3. The van der Waals surface area contributed by atoms with Crippen LogP contribution in [0.3, 0.4) is 0 Å². The highest BCUT2D eigenvalue weighted by atomic mass is 19.1. The number of carbonyl (C=O) groups excluding carboxylic acids is 1. The van der Waals surface area contributed by atoms with Crippen LogP contribution in [0.15, 0.2) is 24.3 Å². The van der Waals surface area contributed by atoms with Crippen LogP contribution in [0.1, 0.15) is 32.3 Å². The largest absolute Gasteiger partial charge is 0.480 e. The molecule has 1 aliphatic rings. The molecule has 0 spiro atoms. The maximum atomic E-state index is 12.3. The van der Waals surface area contributed by atoms with Gasteiger partial charge in [0, 0.05) is 12.0 Å². The van der Waals surface area contributed by atoms with Gasteiger partial charge >= 0.3 is 5.97 Å². The van der Waals surface area contributed by atoms with Crippen molar-refractivity contribution < 1.29 is 19.1 Å². The molecule has 0 aliphatic carbocycles. The lowest BCUT2D eigenvalue weighted by atomic mass is 9.83. The highest BCUT2D eigenvalue weighted by Crippen LogP contribution is 2.29. The Kier molecular flexibility index (Phi) is 5.88. The first-order valence-corrected chi connectivity index (χ1v) is 6.96. The lowest BCUT2D eigenvalue weighted by Crippen LogP contribution is -2.47. The Labute approximate surface area is 124 Å². The average molecular weight is 295 g/mol. The minimum Gasteiger partial charge on any atom is -0.480 e. The number of likely N-dealkylation sites (tertiary alicyclic amines) is 1. The summed E-state index contributed by atoms with van der Waals surface area (Å²) in [6.07, 6.45) is 1.74. The van der Waals surface area contributed by atoms with Crippen LogP contribution in [-0.2, 0) is 9.59 Å². The van der Waals surface area contributed by atoms with E-state index in [1.54, 1.807) is 19.1 Å². The molecule has 1 heterocycles. The molecule has 116 valence electrons. The lowest BCUT2D eigenvalue weighted by molar-refractivity contribution is -0.151. The van der Waals surface area contributed by atoms with Crippen LogP contribution in [0, 0.1) is 18.2 Å². The second kappa shape index (κ2) is 7.20. The quantitative estimate of drug-likeness (QED) is 0.912. The van der Waals surface area contributed by atoms with E-state index in [2.05, 4.69) is 0 Å². The zero-order chi connectivity index (χ0) is 16.0. The van der Waals surface area contributed by atoms with Crippen molar-refractivity contribution in [3.63, 3.8) is 0 Å². The molecular formula is C16H22FNO3. The van der Waals surface area contributed by atoms with Gasteiger partial charge in [0.1, 0.15) is 12.4 Å². The molecule has 5 heteroatoms. The third-order valence-electron chi connectivity index (χ3n) is 3.50. The number of aryl methyl sites for hydroxylation is 1. The number of halogens is 1. The first kappa shape index (κ1) is 17.1. The second-order valence-electron chi connectivity index (χ2n) is 5.86. The van der Waals surface area contributed by atoms with Crippen molar-refractivity contribution >= 4 is 11.9 Å².